The number of hydrogen-bond acceptors (Lipinski definition) is 5. The Bertz CT molecular complexity index is 1180. The molecule has 0 spiro atoms. The van der Waals surface area contributed by atoms with Gasteiger partial charge in [-0.1, -0.05) is 54.6 Å². The summed E-state index contributed by atoms with van der Waals surface area (Å²) in [5.41, 5.74) is 4.59. The normalized spacial score (nSPS) is 13.0. The van der Waals surface area contributed by atoms with Crippen LogP contribution < -0.4 is 0 Å². The average molecular weight is 342 g/mol. The summed E-state index contributed by atoms with van der Waals surface area (Å²) in [5.74, 6) is -0.306. The lowest BCUT2D eigenvalue weighted by Gasteiger charge is -2.18. The Hall–Kier alpha value is -3.18. The van der Waals surface area contributed by atoms with E-state index in [4.69, 9.17) is 0 Å². The van der Waals surface area contributed by atoms with Crippen molar-refractivity contribution in [1.82, 2.24) is 8.75 Å². The molecular formula is C20H10N2O2S. The number of ketones is 2. The number of nitrogens with zero attached hydrogens (tertiary/aromatic N) is 2. The highest BCUT2D eigenvalue weighted by Gasteiger charge is 2.33. The number of fused-ring (bicyclic) bond motifs is 4. The summed E-state index contributed by atoms with van der Waals surface area (Å²) in [6.07, 6.45) is 0. The van der Waals surface area contributed by atoms with E-state index in [2.05, 4.69) is 8.75 Å². The van der Waals surface area contributed by atoms with Gasteiger partial charge in [-0.05, 0) is 11.6 Å². The largest absolute Gasteiger partial charge is 0.289 e. The Balaban J connectivity index is 1.88. The van der Waals surface area contributed by atoms with E-state index in [1.165, 1.54) is 0 Å². The average Bonchev–Trinajstić information content (AvgIpc) is 3.15. The molecule has 3 aromatic carbocycles. The van der Waals surface area contributed by atoms with Gasteiger partial charge in [-0.15, -0.1) is 0 Å². The second-order valence-corrected chi connectivity index (χ2v) is 6.41. The van der Waals surface area contributed by atoms with Crippen molar-refractivity contribution in [1.29, 1.82) is 0 Å². The summed E-state index contributed by atoms with van der Waals surface area (Å²) in [5, 5.41) is 0. The summed E-state index contributed by atoms with van der Waals surface area (Å²) in [6.45, 7) is 0. The van der Waals surface area contributed by atoms with E-state index in [1.54, 1.807) is 30.3 Å². The molecule has 4 aromatic rings. The molecule has 0 unspecified atom stereocenters. The quantitative estimate of drug-likeness (QED) is 0.459. The van der Waals surface area contributed by atoms with Gasteiger partial charge in [-0.25, -0.2) is 0 Å². The zero-order valence-corrected chi connectivity index (χ0v) is 13.7. The van der Waals surface area contributed by atoms with Gasteiger partial charge in [0.25, 0.3) is 0 Å². The minimum Gasteiger partial charge on any atom is -0.289 e. The van der Waals surface area contributed by atoms with Crippen molar-refractivity contribution < 1.29 is 9.59 Å². The zero-order chi connectivity index (χ0) is 17.0. The molecule has 0 aliphatic heterocycles. The topological polar surface area (TPSA) is 59.9 Å². The molecular weight excluding hydrogens is 332 g/mol. The van der Waals surface area contributed by atoms with Crippen LogP contribution in [0, 0.1) is 0 Å². The Morgan fingerprint density at radius 3 is 2.04 bits per heavy atom. The van der Waals surface area contributed by atoms with Crippen LogP contribution in [0.4, 0.5) is 0 Å². The fourth-order valence-electron chi connectivity index (χ4n) is 3.35. The molecule has 25 heavy (non-hydrogen) atoms. The van der Waals surface area contributed by atoms with Crippen LogP contribution in [0.1, 0.15) is 31.8 Å². The summed E-state index contributed by atoms with van der Waals surface area (Å²) in [6, 6.07) is 18.4. The molecule has 0 amide bonds. The van der Waals surface area contributed by atoms with Crippen LogP contribution in [0.25, 0.3) is 22.2 Å². The van der Waals surface area contributed by atoms with Gasteiger partial charge < -0.3 is 0 Å². The van der Waals surface area contributed by atoms with E-state index in [-0.39, 0.29) is 11.6 Å². The maximum Gasteiger partial charge on any atom is 0.196 e. The van der Waals surface area contributed by atoms with Gasteiger partial charge in [0.1, 0.15) is 11.0 Å². The van der Waals surface area contributed by atoms with Gasteiger partial charge >= 0.3 is 0 Å². The van der Waals surface area contributed by atoms with Crippen molar-refractivity contribution >= 4 is 34.3 Å². The predicted molar refractivity (Wildman–Crippen MR) is 96.2 cm³/mol. The molecule has 0 saturated heterocycles. The molecule has 1 aliphatic carbocycles. The van der Waals surface area contributed by atoms with Crippen LogP contribution >= 0.6 is 11.7 Å². The number of carbonyl (C=O) groups is 2. The van der Waals surface area contributed by atoms with E-state index < -0.39 is 0 Å². The van der Waals surface area contributed by atoms with E-state index in [0.717, 1.165) is 22.9 Å². The molecule has 0 bridgehead atoms. The first-order chi connectivity index (χ1) is 12.3. The van der Waals surface area contributed by atoms with Gasteiger partial charge in [0.05, 0.1) is 17.3 Å². The van der Waals surface area contributed by atoms with Crippen molar-refractivity contribution in [3.05, 3.63) is 82.9 Å². The van der Waals surface area contributed by atoms with Gasteiger partial charge in [-0.2, -0.15) is 8.75 Å². The summed E-state index contributed by atoms with van der Waals surface area (Å²) < 4.78 is 8.72. The molecule has 0 saturated carbocycles. The minimum absolute atomic E-state index is 0.141. The molecule has 0 fully saturated rings. The summed E-state index contributed by atoms with van der Waals surface area (Å²) in [4.78, 5) is 26.0. The second kappa shape index (κ2) is 5.16. The highest BCUT2D eigenvalue weighted by atomic mass is 32.1. The molecule has 1 heterocycles. The second-order valence-electron chi connectivity index (χ2n) is 5.88. The van der Waals surface area contributed by atoms with E-state index in [0.29, 0.717) is 33.3 Å². The van der Waals surface area contributed by atoms with E-state index in [9.17, 15) is 9.59 Å². The smallest absolute Gasteiger partial charge is 0.196 e. The molecule has 4 nitrogen and oxygen atoms in total. The Morgan fingerprint density at radius 1 is 0.640 bits per heavy atom. The third-order valence-corrected chi connectivity index (χ3v) is 5.04. The number of rotatable bonds is 1. The third-order valence-electron chi connectivity index (χ3n) is 4.51. The standard InChI is InChI=1S/C20H10N2O2S/c23-19-12-8-4-5-9-13(12)20(24)16-15(19)10-14(11-6-2-1-3-7-11)17-18(16)22-25-21-17/h1-10H. The Kier molecular flexibility index (Phi) is 2.93. The fourth-order valence-corrected chi connectivity index (χ4v) is 3.91. The molecule has 118 valence electrons. The zero-order valence-electron chi connectivity index (χ0n) is 12.9. The van der Waals surface area contributed by atoms with Gasteiger partial charge in [0.2, 0.25) is 0 Å². The van der Waals surface area contributed by atoms with Crippen LogP contribution in [0.15, 0.2) is 60.7 Å². The Labute approximate surface area is 147 Å². The number of hydrogen-bond donors (Lipinski definition) is 0. The molecule has 1 aliphatic rings. The van der Waals surface area contributed by atoms with Gasteiger partial charge in [0, 0.05) is 22.3 Å². The number of benzene rings is 3. The number of carbonyl (C=O) groups excluding carboxylic acids is 2. The molecule has 5 heteroatoms. The first-order valence-electron chi connectivity index (χ1n) is 7.79. The predicted octanol–water partition coefficient (Wildman–Crippen LogP) is 4.13. The lowest BCUT2D eigenvalue weighted by atomic mass is 9.82. The van der Waals surface area contributed by atoms with E-state index >= 15 is 0 Å². The fraction of sp³-hybridized carbons (Fsp3) is 0. The van der Waals surface area contributed by atoms with Crippen LogP contribution in [0.3, 0.4) is 0 Å². The van der Waals surface area contributed by atoms with Crippen molar-refractivity contribution in [3.63, 3.8) is 0 Å². The van der Waals surface area contributed by atoms with Crippen molar-refractivity contribution in [3.8, 4) is 11.1 Å². The van der Waals surface area contributed by atoms with Crippen LogP contribution in [-0.4, -0.2) is 20.3 Å². The van der Waals surface area contributed by atoms with E-state index in [1.807, 2.05) is 30.3 Å². The SMILES string of the molecule is O=C1c2ccccc2C(=O)c2c1cc(-c1ccccc1)c1nsnc21. The van der Waals surface area contributed by atoms with Crippen molar-refractivity contribution in [2.45, 2.75) is 0 Å². The van der Waals surface area contributed by atoms with Gasteiger partial charge in [-0.3, -0.25) is 9.59 Å². The molecule has 0 N–H and O–H groups in total. The van der Waals surface area contributed by atoms with Crippen LogP contribution in [-0.2, 0) is 0 Å². The molecule has 0 radical (unpaired) electrons. The Morgan fingerprint density at radius 2 is 1.28 bits per heavy atom. The van der Waals surface area contributed by atoms with Crippen molar-refractivity contribution in [2.24, 2.45) is 0 Å². The maximum absolute atomic E-state index is 13.0. The van der Waals surface area contributed by atoms with Crippen molar-refractivity contribution in [2.75, 3.05) is 0 Å². The lowest BCUT2D eigenvalue weighted by Crippen LogP contribution is -2.21. The molecule has 1 aromatic heterocycles. The molecule has 5 rings (SSSR count). The van der Waals surface area contributed by atoms with Crippen LogP contribution in [0.2, 0.25) is 0 Å². The first-order valence-corrected chi connectivity index (χ1v) is 8.52. The monoisotopic (exact) mass is 342 g/mol. The maximum atomic E-state index is 13.0. The van der Waals surface area contributed by atoms with Crippen LogP contribution in [0.5, 0.6) is 0 Å². The molecule has 0 atom stereocenters. The summed E-state index contributed by atoms with van der Waals surface area (Å²) in [7, 11) is 0. The highest BCUT2D eigenvalue weighted by molar-refractivity contribution is 7.00. The third kappa shape index (κ3) is 1.93. The minimum atomic E-state index is -0.164. The summed E-state index contributed by atoms with van der Waals surface area (Å²) >= 11 is 1.06. The van der Waals surface area contributed by atoms with Gasteiger partial charge in [0.15, 0.2) is 11.6 Å². The lowest BCUT2D eigenvalue weighted by molar-refractivity contribution is 0.0980. The highest BCUT2D eigenvalue weighted by Crippen LogP contribution is 2.37. The first kappa shape index (κ1) is 14.2. The number of aromatic nitrogens is 2.